The van der Waals surface area contributed by atoms with Crippen molar-refractivity contribution in [3.8, 4) is 16.9 Å². The summed E-state index contributed by atoms with van der Waals surface area (Å²) < 4.78 is 5.24. The summed E-state index contributed by atoms with van der Waals surface area (Å²) in [6, 6.07) is 14.8. The second kappa shape index (κ2) is 7.73. The predicted molar refractivity (Wildman–Crippen MR) is 113 cm³/mol. The number of aromatic amines is 1. The maximum atomic E-state index is 12.9. The molecule has 7 nitrogen and oxygen atoms in total. The quantitative estimate of drug-likeness (QED) is 0.481. The second-order valence-corrected chi connectivity index (χ2v) is 6.76. The Morgan fingerprint density at radius 1 is 1.17 bits per heavy atom. The van der Waals surface area contributed by atoms with Gasteiger partial charge < -0.3 is 15.8 Å². The molecule has 2 heterocycles. The highest BCUT2D eigenvalue weighted by Crippen LogP contribution is 2.30. The van der Waals surface area contributed by atoms with Crippen molar-refractivity contribution in [3.63, 3.8) is 0 Å². The number of hydrogen-bond acceptors (Lipinski definition) is 5. The fourth-order valence-electron chi connectivity index (χ4n) is 3.27. The van der Waals surface area contributed by atoms with Gasteiger partial charge in [0.2, 0.25) is 0 Å². The number of hydrogen-bond donors (Lipinski definition) is 3. The average molecular weight is 387 g/mol. The molecule has 4 aromatic rings. The summed E-state index contributed by atoms with van der Waals surface area (Å²) in [6.07, 6.45) is 3.26. The maximum Gasteiger partial charge on any atom is 0.255 e. The maximum absolute atomic E-state index is 12.9. The number of ether oxygens (including phenoxy) is 1. The lowest BCUT2D eigenvalue weighted by molar-refractivity contribution is 0.102. The van der Waals surface area contributed by atoms with E-state index in [1.54, 1.807) is 31.6 Å². The van der Waals surface area contributed by atoms with Gasteiger partial charge in [-0.25, -0.2) is 4.98 Å². The number of nitrogens with zero attached hydrogens (tertiary/aromatic N) is 2. The van der Waals surface area contributed by atoms with E-state index in [2.05, 4.69) is 20.5 Å². The van der Waals surface area contributed by atoms with Crippen LogP contribution in [0.5, 0.6) is 5.75 Å². The first-order valence-electron chi connectivity index (χ1n) is 9.20. The molecule has 146 valence electrons. The van der Waals surface area contributed by atoms with Gasteiger partial charge in [-0.05, 0) is 53.9 Å². The molecular formula is C22H21N5O2. The molecule has 2 aromatic carbocycles. The number of carbonyl (C=O) groups is 1. The summed E-state index contributed by atoms with van der Waals surface area (Å²) in [5.41, 5.74) is 10.8. The van der Waals surface area contributed by atoms with Crippen LogP contribution < -0.4 is 15.8 Å². The lowest BCUT2D eigenvalue weighted by atomic mass is 9.93. The summed E-state index contributed by atoms with van der Waals surface area (Å²) >= 11 is 0. The standard InChI is InChI=1S/C22H21N5O2/c1-13(23)17-8-5-15(11-18(17)14-3-6-16(29-2)7-4-14)22(28)26-20-9-10-24-21-19(20)12-25-27-21/h3-13H,23H2,1-2H3,(H2,24,25,26,27,28). The monoisotopic (exact) mass is 387 g/mol. The van der Waals surface area contributed by atoms with Crippen LogP contribution in [0.1, 0.15) is 28.9 Å². The Labute approximate surface area is 167 Å². The van der Waals surface area contributed by atoms with Crippen LogP contribution in [0, 0.1) is 0 Å². The third-order valence-electron chi connectivity index (χ3n) is 4.81. The molecule has 4 rings (SSSR count). The van der Waals surface area contributed by atoms with E-state index in [1.807, 2.05) is 43.3 Å². The van der Waals surface area contributed by atoms with Crippen molar-refractivity contribution in [2.45, 2.75) is 13.0 Å². The Morgan fingerprint density at radius 3 is 2.69 bits per heavy atom. The van der Waals surface area contributed by atoms with Crippen LogP contribution in [0.4, 0.5) is 5.69 Å². The molecule has 0 radical (unpaired) electrons. The fraction of sp³-hybridized carbons (Fsp3) is 0.136. The Morgan fingerprint density at radius 2 is 1.97 bits per heavy atom. The van der Waals surface area contributed by atoms with E-state index in [0.29, 0.717) is 16.9 Å². The number of rotatable bonds is 5. The highest BCUT2D eigenvalue weighted by atomic mass is 16.5. The minimum absolute atomic E-state index is 0.171. The van der Waals surface area contributed by atoms with Gasteiger partial charge in [-0.1, -0.05) is 18.2 Å². The molecule has 1 atom stereocenters. The van der Waals surface area contributed by atoms with Crippen LogP contribution in [0.25, 0.3) is 22.2 Å². The van der Waals surface area contributed by atoms with Crippen LogP contribution in [-0.2, 0) is 0 Å². The van der Waals surface area contributed by atoms with Gasteiger partial charge in [0.15, 0.2) is 5.65 Å². The Kier molecular flexibility index (Phi) is 4.97. The van der Waals surface area contributed by atoms with Crippen molar-refractivity contribution in [2.24, 2.45) is 5.73 Å². The Hall–Kier alpha value is -3.71. The number of anilines is 1. The van der Waals surface area contributed by atoms with Gasteiger partial charge in [-0.3, -0.25) is 9.89 Å². The van der Waals surface area contributed by atoms with Crippen molar-refractivity contribution >= 4 is 22.6 Å². The highest BCUT2D eigenvalue weighted by Gasteiger charge is 2.15. The molecule has 4 N–H and O–H groups in total. The largest absolute Gasteiger partial charge is 0.497 e. The molecule has 0 spiro atoms. The molecule has 0 saturated heterocycles. The molecule has 0 aliphatic carbocycles. The van der Waals surface area contributed by atoms with E-state index in [1.165, 1.54) is 0 Å². The lowest BCUT2D eigenvalue weighted by Crippen LogP contribution is -2.14. The molecule has 29 heavy (non-hydrogen) atoms. The van der Waals surface area contributed by atoms with Gasteiger partial charge in [0.25, 0.3) is 5.91 Å². The zero-order valence-corrected chi connectivity index (χ0v) is 16.1. The van der Waals surface area contributed by atoms with E-state index in [-0.39, 0.29) is 11.9 Å². The molecule has 0 fully saturated rings. The third kappa shape index (κ3) is 3.68. The Balaban J connectivity index is 1.70. The Bertz CT molecular complexity index is 1170. The van der Waals surface area contributed by atoms with E-state index in [4.69, 9.17) is 10.5 Å². The van der Waals surface area contributed by atoms with Crippen LogP contribution >= 0.6 is 0 Å². The molecule has 2 aromatic heterocycles. The van der Waals surface area contributed by atoms with Crippen molar-refractivity contribution < 1.29 is 9.53 Å². The van der Waals surface area contributed by atoms with Crippen LogP contribution in [-0.4, -0.2) is 28.2 Å². The second-order valence-electron chi connectivity index (χ2n) is 6.76. The van der Waals surface area contributed by atoms with Crippen LogP contribution in [0.3, 0.4) is 0 Å². The first kappa shape index (κ1) is 18.6. The normalized spacial score (nSPS) is 12.0. The van der Waals surface area contributed by atoms with Crippen molar-refractivity contribution in [3.05, 3.63) is 72.1 Å². The number of fused-ring (bicyclic) bond motifs is 1. The topological polar surface area (TPSA) is 106 Å². The van der Waals surface area contributed by atoms with Crippen LogP contribution in [0.2, 0.25) is 0 Å². The lowest BCUT2D eigenvalue weighted by Gasteiger charge is -2.15. The molecular weight excluding hydrogens is 366 g/mol. The SMILES string of the molecule is COc1ccc(-c2cc(C(=O)Nc3ccnc4[nH]ncc34)ccc2C(C)N)cc1. The van der Waals surface area contributed by atoms with E-state index in [0.717, 1.165) is 27.8 Å². The number of methoxy groups -OCH3 is 1. The zero-order valence-electron chi connectivity index (χ0n) is 16.1. The zero-order chi connectivity index (χ0) is 20.4. The van der Waals surface area contributed by atoms with Gasteiger partial charge >= 0.3 is 0 Å². The van der Waals surface area contributed by atoms with E-state index >= 15 is 0 Å². The number of aromatic nitrogens is 3. The molecule has 1 amide bonds. The van der Waals surface area contributed by atoms with Gasteiger partial charge in [-0.2, -0.15) is 5.10 Å². The first-order valence-corrected chi connectivity index (χ1v) is 9.20. The van der Waals surface area contributed by atoms with Gasteiger partial charge in [-0.15, -0.1) is 0 Å². The molecule has 0 aliphatic heterocycles. The van der Waals surface area contributed by atoms with Gasteiger partial charge in [0.05, 0.1) is 24.4 Å². The summed E-state index contributed by atoms with van der Waals surface area (Å²) in [5.74, 6) is 0.552. The number of nitrogens with two attached hydrogens (primary N) is 1. The number of carbonyl (C=O) groups excluding carboxylic acids is 1. The summed E-state index contributed by atoms with van der Waals surface area (Å²) in [4.78, 5) is 17.1. The smallest absolute Gasteiger partial charge is 0.255 e. The van der Waals surface area contributed by atoms with Gasteiger partial charge in [0, 0.05) is 17.8 Å². The molecule has 0 saturated carbocycles. The van der Waals surface area contributed by atoms with E-state index in [9.17, 15) is 4.79 Å². The number of pyridine rings is 1. The highest BCUT2D eigenvalue weighted by molar-refractivity contribution is 6.08. The minimum Gasteiger partial charge on any atom is -0.497 e. The number of H-pyrrole nitrogens is 1. The van der Waals surface area contributed by atoms with Gasteiger partial charge in [0.1, 0.15) is 5.75 Å². The molecule has 1 unspecified atom stereocenters. The molecule has 0 bridgehead atoms. The minimum atomic E-state index is -0.218. The molecule has 7 heteroatoms. The number of benzene rings is 2. The van der Waals surface area contributed by atoms with Crippen LogP contribution in [0.15, 0.2) is 60.9 Å². The summed E-state index contributed by atoms with van der Waals surface area (Å²) in [7, 11) is 1.63. The first-order chi connectivity index (χ1) is 14.1. The van der Waals surface area contributed by atoms with Crippen molar-refractivity contribution in [2.75, 3.05) is 12.4 Å². The predicted octanol–water partition coefficient (Wildman–Crippen LogP) is 3.91. The summed E-state index contributed by atoms with van der Waals surface area (Å²) in [5, 5.41) is 10.5. The fourth-order valence-corrected chi connectivity index (χ4v) is 3.27. The third-order valence-corrected chi connectivity index (χ3v) is 4.81. The summed E-state index contributed by atoms with van der Waals surface area (Å²) in [6.45, 7) is 1.93. The molecule has 0 aliphatic rings. The van der Waals surface area contributed by atoms with E-state index < -0.39 is 0 Å². The average Bonchev–Trinajstić information content (AvgIpc) is 3.23. The number of nitrogens with one attached hydrogen (secondary N) is 2. The van der Waals surface area contributed by atoms with Crippen molar-refractivity contribution in [1.29, 1.82) is 0 Å². The van der Waals surface area contributed by atoms with Crippen molar-refractivity contribution in [1.82, 2.24) is 15.2 Å². The number of amides is 1.